The summed E-state index contributed by atoms with van der Waals surface area (Å²) in [6.07, 6.45) is 3.11. The summed E-state index contributed by atoms with van der Waals surface area (Å²) in [5.41, 5.74) is 3.76. The summed E-state index contributed by atoms with van der Waals surface area (Å²) in [5, 5.41) is 6.33. The van der Waals surface area contributed by atoms with Crippen molar-refractivity contribution < 1.29 is 14.3 Å². The average molecular weight is 424 g/mol. The molecule has 2 aromatic carbocycles. The molecule has 0 aliphatic rings. The smallest absolute Gasteiger partial charge is 0.258 e. The number of rotatable bonds is 7. The zero-order chi connectivity index (χ0) is 21.5. The highest BCUT2D eigenvalue weighted by Crippen LogP contribution is 2.25. The van der Waals surface area contributed by atoms with Crippen molar-refractivity contribution in [2.45, 2.75) is 20.4 Å². The molecule has 0 unspecified atom stereocenters. The highest BCUT2D eigenvalue weighted by Gasteiger charge is 2.08. The fourth-order valence-electron chi connectivity index (χ4n) is 2.85. The van der Waals surface area contributed by atoms with Crippen molar-refractivity contribution in [3.63, 3.8) is 0 Å². The van der Waals surface area contributed by atoms with Crippen LogP contribution in [0.4, 0.5) is 5.69 Å². The first-order valence-corrected chi connectivity index (χ1v) is 9.77. The number of carbonyl (C=O) groups excluding carboxylic acids is 2. The molecule has 6 nitrogen and oxygen atoms in total. The molecule has 3 rings (SSSR count). The van der Waals surface area contributed by atoms with Crippen LogP contribution in [0.5, 0.6) is 5.75 Å². The molecule has 0 spiro atoms. The van der Waals surface area contributed by atoms with E-state index < -0.39 is 0 Å². The minimum absolute atomic E-state index is 0.0993. The zero-order valence-electron chi connectivity index (χ0n) is 16.7. The zero-order valence-corrected chi connectivity index (χ0v) is 17.5. The topological polar surface area (TPSA) is 80.3 Å². The molecule has 0 saturated carbocycles. The predicted molar refractivity (Wildman–Crippen MR) is 117 cm³/mol. The normalized spacial score (nSPS) is 10.4. The number of anilines is 1. The Morgan fingerprint density at radius 1 is 1.07 bits per heavy atom. The molecule has 0 radical (unpaired) electrons. The summed E-state index contributed by atoms with van der Waals surface area (Å²) in [6.45, 7) is 4.00. The summed E-state index contributed by atoms with van der Waals surface area (Å²) >= 11 is 6.14. The molecule has 0 aliphatic heterocycles. The van der Waals surface area contributed by atoms with Gasteiger partial charge in [-0.2, -0.15) is 0 Å². The molecule has 30 heavy (non-hydrogen) atoms. The Kier molecular flexibility index (Phi) is 7.03. The molecule has 2 N–H and O–H groups in total. The van der Waals surface area contributed by atoms with Gasteiger partial charge in [0.05, 0.1) is 5.56 Å². The van der Waals surface area contributed by atoms with Crippen LogP contribution in [0.1, 0.15) is 27.0 Å². The minimum Gasteiger partial charge on any atom is -0.484 e. The van der Waals surface area contributed by atoms with Gasteiger partial charge in [-0.05, 0) is 66.9 Å². The van der Waals surface area contributed by atoms with E-state index in [1.807, 2.05) is 26.0 Å². The number of aryl methyl sites for hydroxylation is 2. The van der Waals surface area contributed by atoms with Crippen molar-refractivity contribution in [1.82, 2.24) is 10.3 Å². The lowest BCUT2D eigenvalue weighted by molar-refractivity contribution is -0.123. The first kappa shape index (κ1) is 21.3. The standard InChI is InChI=1S/C23H22ClN3O3/c1-15-9-20(10-16(2)22(15)24)30-14-21(28)26-12-17-5-3-7-19(11-17)27-23(29)18-6-4-8-25-13-18/h3-11,13H,12,14H2,1-2H3,(H,26,28)(H,27,29). The molecule has 7 heteroatoms. The first-order chi connectivity index (χ1) is 14.4. The maximum atomic E-state index is 12.2. The Bertz CT molecular complexity index is 1030. The van der Waals surface area contributed by atoms with Crippen LogP contribution in [0.2, 0.25) is 5.02 Å². The van der Waals surface area contributed by atoms with Crippen LogP contribution in [0.3, 0.4) is 0 Å². The Morgan fingerprint density at radius 2 is 1.83 bits per heavy atom. The van der Waals surface area contributed by atoms with E-state index in [-0.39, 0.29) is 18.4 Å². The number of hydrogen-bond acceptors (Lipinski definition) is 4. The van der Waals surface area contributed by atoms with Crippen LogP contribution in [0.15, 0.2) is 60.9 Å². The quantitative estimate of drug-likeness (QED) is 0.593. The monoisotopic (exact) mass is 423 g/mol. The third kappa shape index (κ3) is 5.81. The fraction of sp³-hybridized carbons (Fsp3) is 0.174. The van der Waals surface area contributed by atoms with Gasteiger partial charge in [-0.25, -0.2) is 0 Å². The van der Waals surface area contributed by atoms with E-state index in [1.54, 1.807) is 42.6 Å². The Labute approximate surface area is 180 Å². The lowest BCUT2D eigenvalue weighted by Crippen LogP contribution is -2.28. The van der Waals surface area contributed by atoms with Gasteiger partial charge < -0.3 is 15.4 Å². The van der Waals surface area contributed by atoms with E-state index >= 15 is 0 Å². The molecule has 154 valence electrons. The fourth-order valence-corrected chi connectivity index (χ4v) is 2.96. The predicted octanol–water partition coefficient (Wildman–Crippen LogP) is 4.30. The van der Waals surface area contributed by atoms with Gasteiger partial charge in [0.25, 0.3) is 11.8 Å². The maximum Gasteiger partial charge on any atom is 0.258 e. The SMILES string of the molecule is Cc1cc(OCC(=O)NCc2cccc(NC(=O)c3cccnc3)c2)cc(C)c1Cl. The van der Waals surface area contributed by atoms with Gasteiger partial charge in [-0.1, -0.05) is 23.7 Å². The highest BCUT2D eigenvalue weighted by atomic mass is 35.5. The second-order valence-electron chi connectivity index (χ2n) is 6.83. The highest BCUT2D eigenvalue weighted by molar-refractivity contribution is 6.32. The number of halogens is 1. The molecular formula is C23H22ClN3O3. The van der Waals surface area contributed by atoms with Gasteiger partial charge in [0.1, 0.15) is 5.75 Å². The average Bonchev–Trinajstić information content (AvgIpc) is 2.75. The molecule has 0 saturated heterocycles. The Balaban J connectivity index is 1.51. The van der Waals surface area contributed by atoms with Crippen LogP contribution in [0, 0.1) is 13.8 Å². The van der Waals surface area contributed by atoms with Crippen molar-refractivity contribution in [3.8, 4) is 5.75 Å². The van der Waals surface area contributed by atoms with E-state index in [9.17, 15) is 9.59 Å². The molecule has 0 fully saturated rings. The van der Waals surface area contributed by atoms with Crippen LogP contribution in [-0.4, -0.2) is 23.4 Å². The lowest BCUT2D eigenvalue weighted by Gasteiger charge is -2.11. The van der Waals surface area contributed by atoms with E-state index in [2.05, 4.69) is 15.6 Å². The number of carbonyl (C=O) groups is 2. The largest absolute Gasteiger partial charge is 0.484 e. The van der Waals surface area contributed by atoms with Crippen molar-refractivity contribution in [1.29, 1.82) is 0 Å². The molecule has 0 atom stereocenters. The molecule has 2 amide bonds. The van der Waals surface area contributed by atoms with Gasteiger partial charge in [-0.3, -0.25) is 14.6 Å². The van der Waals surface area contributed by atoms with Gasteiger partial charge in [0.2, 0.25) is 0 Å². The third-order valence-electron chi connectivity index (χ3n) is 4.38. The number of amides is 2. The minimum atomic E-state index is -0.245. The van der Waals surface area contributed by atoms with Gasteiger partial charge >= 0.3 is 0 Å². The Hall–Kier alpha value is -3.38. The summed E-state index contributed by atoms with van der Waals surface area (Å²) in [7, 11) is 0. The number of pyridine rings is 1. The van der Waals surface area contributed by atoms with Gasteiger partial charge in [0.15, 0.2) is 6.61 Å². The number of benzene rings is 2. The molecule has 3 aromatic rings. The van der Waals surface area contributed by atoms with Gasteiger partial charge in [0, 0.05) is 29.6 Å². The number of hydrogen-bond donors (Lipinski definition) is 2. The maximum absolute atomic E-state index is 12.2. The van der Waals surface area contributed by atoms with Crippen molar-refractivity contribution in [2.75, 3.05) is 11.9 Å². The van der Waals surface area contributed by atoms with E-state index in [0.29, 0.717) is 28.6 Å². The number of nitrogens with one attached hydrogen (secondary N) is 2. The number of aromatic nitrogens is 1. The summed E-state index contributed by atoms with van der Waals surface area (Å²) < 4.78 is 5.56. The Morgan fingerprint density at radius 3 is 2.53 bits per heavy atom. The second kappa shape index (κ2) is 9.89. The van der Waals surface area contributed by atoms with Crippen molar-refractivity contribution in [2.24, 2.45) is 0 Å². The van der Waals surface area contributed by atoms with E-state index in [1.165, 1.54) is 6.20 Å². The van der Waals surface area contributed by atoms with Crippen LogP contribution < -0.4 is 15.4 Å². The molecule has 0 bridgehead atoms. The first-order valence-electron chi connectivity index (χ1n) is 9.39. The third-order valence-corrected chi connectivity index (χ3v) is 4.97. The van der Waals surface area contributed by atoms with Crippen LogP contribution >= 0.6 is 11.6 Å². The van der Waals surface area contributed by atoms with Crippen LogP contribution in [0.25, 0.3) is 0 Å². The van der Waals surface area contributed by atoms with E-state index in [0.717, 1.165) is 16.7 Å². The molecule has 0 aliphatic carbocycles. The summed E-state index contributed by atoms with van der Waals surface area (Å²) in [5.74, 6) is 0.112. The number of nitrogens with zero attached hydrogens (tertiary/aromatic N) is 1. The number of ether oxygens (including phenoxy) is 1. The van der Waals surface area contributed by atoms with Crippen LogP contribution in [-0.2, 0) is 11.3 Å². The lowest BCUT2D eigenvalue weighted by atomic mass is 10.1. The molecule has 1 heterocycles. The van der Waals surface area contributed by atoms with Gasteiger partial charge in [-0.15, -0.1) is 0 Å². The van der Waals surface area contributed by atoms with Crippen molar-refractivity contribution in [3.05, 3.63) is 88.2 Å². The van der Waals surface area contributed by atoms with E-state index in [4.69, 9.17) is 16.3 Å². The van der Waals surface area contributed by atoms with Crippen molar-refractivity contribution >= 4 is 29.1 Å². The molecular weight excluding hydrogens is 402 g/mol. The summed E-state index contributed by atoms with van der Waals surface area (Å²) in [4.78, 5) is 28.3. The summed E-state index contributed by atoms with van der Waals surface area (Å²) in [6, 6.07) is 14.3. The second-order valence-corrected chi connectivity index (χ2v) is 7.21. The molecule has 1 aromatic heterocycles.